The van der Waals surface area contributed by atoms with Crippen LogP contribution in [0.4, 0.5) is 17.8 Å². The van der Waals surface area contributed by atoms with Gasteiger partial charge in [0, 0.05) is 40.0 Å². The zero-order valence-electron chi connectivity index (χ0n) is 11.9. The first-order chi connectivity index (χ1) is 8.49. The highest BCUT2D eigenvalue weighted by Crippen LogP contribution is 2.16. The van der Waals surface area contributed by atoms with Crippen LogP contribution in [-0.4, -0.2) is 61.2 Å². The number of thioether (sulfide) groups is 1. The first kappa shape index (κ1) is 14.8. The lowest BCUT2D eigenvalue weighted by molar-refractivity contribution is 0.733. The fraction of sp³-hybridized carbons (Fsp3) is 0.727. The third-order valence-corrected chi connectivity index (χ3v) is 3.44. The van der Waals surface area contributed by atoms with Crippen LogP contribution in [-0.2, 0) is 0 Å². The maximum atomic E-state index is 4.46. The highest BCUT2D eigenvalue weighted by molar-refractivity contribution is 7.98. The second-order valence-electron chi connectivity index (χ2n) is 4.32. The van der Waals surface area contributed by atoms with E-state index in [2.05, 4.69) is 38.3 Å². The molecule has 0 aliphatic heterocycles. The van der Waals surface area contributed by atoms with Crippen LogP contribution in [0.1, 0.15) is 6.92 Å². The topological polar surface area (TPSA) is 57.2 Å². The van der Waals surface area contributed by atoms with Gasteiger partial charge in [0.25, 0.3) is 0 Å². The summed E-state index contributed by atoms with van der Waals surface area (Å²) in [7, 11) is 7.66. The Kier molecular flexibility index (Phi) is 5.46. The molecule has 1 atom stereocenters. The van der Waals surface area contributed by atoms with Gasteiger partial charge in [0.2, 0.25) is 17.8 Å². The van der Waals surface area contributed by atoms with E-state index < -0.39 is 0 Å². The lowest BCUT2D eigenvalue weighted by atomic mass is 10.3. The largest absolute Gasteiger partial charge is 0.357 e. The highest BCUT2D eigenvalue weighted by Gasteiger charge is 2.15. The van der Waals surface area contributed by atoms with Crippen LogP contribution in [0.25, 0.3) is 0 Å². The predicted molar refractivity (Wildman–Crippen MR) is 79.9 cm³/mol. The van der Waals surface area contributed by atoms with Crippen molar-refractivity contribution in [1.29, 1.82) is 0 Å². The molecule has 7 heteroatoms. The van der Waals surface area contributed by atoms with Crippen LogP contribution in [0.2, 0.25) is 0 Å². The van der Waals surface area contributed by atoms with Crippen molar-refractivity contribution in [3.63, 3.8) is 0 Å². The van der Waals surface area contributed by atoms with Crippen molar-refractivity contribution in [2.75, 3.05) is 55.3 Å². The van der Waals surface area contributed by atoms with Gasteiger partial charge in [-0.2, -0.15) is 26.7 Å². The smallest absolute Gasteiger partial charge is 0.231 e. The van der Waals surface area contributed by atoms with E-state index in [1.54, 1.807) is 0 Å². The van der Waals surface area contributed by atoms with Gasteiger partial charge in [-0.15, -0.1) is 0 Å². The van der Waals surface area contributed by atoms with Crippen LogP contribution in [0.3, 0.4) is 0 Å². The quantitative estimate of drug-likeness (QED) is 0.832. The highest BCUT2D eigenvalue weighted by atomic mass is 32.2. The van der Waals surface area contributed by atoms with Gasteiger partial charge in [-0.3, -0.25) is 0 Å². The van der Waals surface area contributed by atoms with E-state index in [0.29, 0.717) is 23.9 Å². The van der Waals surface area contributed by atoms with E-state index in [1.807, 2.05) is 44.9 Å². The monoisotopic (exact) mass is 270 g/mol. The first-order valence-electron chi connectivity index (χ1n) is 5.82. The van der Waals surface area contributed by atoms with E-state index in [0.717, 1.165) is 5.75 Å². The molecule has 102 valence electrons. The molecule has 0 fully saturated rings. The maximum absolute atomic E-state index is 4.46. The summed E-state index contributed by atoms with van der Waals surface area (Å²) < 4.78 is 0. The molecule has 0 saturated heterocycles. The number of hydrogen-bond acceptors (Lipinski definition) is 7. The summed E-state index contributed by atoms with van der Waals surface area (Å²) >= 11 is 1.81. The summed E-state index contributed by atoms with van der Waals surface area (Å²) in [5.41, 5.74) is 0. The molecule has 0 amide bonds. The summed E-state index contributed by atoms with van der Waals surface area (Å²) in [6.45, 7) is 2.16. The zero-order valence-corrected chi connectivity index (χ0v) is 12.7. The number of nitrogens with one attached hydrogen (secondary N) is 1. The van der Waals surface area contributed by atoms with Crippen LogP contribution in [0.5, 0.6) is 0 Å². The van der Waals surface area contributed by atoms with Crippen LogP contribution in [0.15, 0.2) is 0 Å². The molecule has 0 bridgehead atoms. The van der Waals surface area contributed by atoms with E-state index in [1.165, 1.54) is 0 Å². The van der Waals surface area contributed by atoms with Crippen molar-refractivity contribution in [1.82, 2.24) is 15.0 Å². The molecule has 1 rings (SSSR count). The van der Waals surface area contributed by atoms with Gasteiger partial charge < -0.3 is 15.1 Å². The predicted octanol–water partition coefficient (Wildman–Crippen LogP) is 1.17. The van der Waals surface area contributed by atoms with Gasteiger partial charge in [0.1, 0.15) is 0 Å². The summed E-state index contributed by atoms with van der Waals surface area (Å²) in [5.74, 6) is 2.98. The molecule has 6 nitrogen and oxygen atoms in total. The maximum Gasteiger partial charge on any atom is 0.231 e. The van der Waals surface area contributed by atoms with Crippen molar-refractivity contribution in [2.45, 2.75) is 13.0 Å². The fourth-order valence-electron chi connectivity index (χ4n) is 1.37. The summed E-state index contributed by atoms with van der Waals surface area (Å²) in [6.07, 6.45) is 2.10. The molecule has 1 unspecified atom stereocenters. The minimum atomic E-state index is 0.377. The second kappa shape index (κ2) is 6.63. The number of nitrogens with zero attached hydrogens (tertiary/aromatic N) is 5. The molecule has 1 heterocycles. The molecule has 0 aliphatic carbocycles. The third-order valence-electron chi connectivity index (χ3n) is 2.62. The van der Waals surface area contributed by atoms with Gasteiger partial charge in [-0.1, -0.05) is 0 Å². The van der Waals surface area contributed by atoms with Crippen molar-refractivity contribution in [3.05, 3.63) is 0 Å². The summed E-state index contributed by atoms with van der Waals surface area (Å²) in [6, 6.07) is 0.377. The minimum Gasteiger partial charge on any atom is -0.357 e. The third kappa shape index (κ3) is 3.63. The summed E-state index contributed by atoms with van der Waals surface area (Å²) in [5, 5.41) is 2.97. The Morgan fingerprint density at radius 2 is 1.78 bits per heavy atom. The van der Waals surface area contributed by atoms with E-state index >= 15 is 0 Å². The Bertz CT molecular complexity index is 384. The molecule has 0 spiro atoms. The van der Waals surface area contributed by atoms with Crippen LogP contribution >= 0.6 is 11.8 Å². The molecule has 0 saturated carbocycles. The number of hydrogen-bond donors (Lipinski definition) is 1. The van der Waals surface area contributed by atoms with Gasteiger partial charge in [0.05, 0.1) is 0 Å². The van der Waals surface area contributed by atoms with Crippen molar-refractivity contribution in [3.8, 4) is 0 Å². The lowest BCUT2D eigenvalue weighted by Gasteiger charge is -2.25. The van der Waals surface area contributed by atoms with E-state index in [-0.39, 0.29) is 0 Å². The van der Waals surface area contributed by atoms with Gasteiger partial charge in [0.15, 0.2) is 0 Å². The average Bonchev–Trinajstić information content (AvgIpc) is 2.37. The molecule has 1 aromatic heterocycles. The second-order valence-corrected chi connectivity index (χ2v) is 5.23. The lowest BCUT2D eigenvalue weighted by Crippen LogP contribution is -2.33. The standard InChI is InChI=1S/C11H22N6S/c1-8(7-18-6)17(5)11-14-9(12-2)13-10(15-11)16(3)4/h8H,7H2,1-6H3,(H,12,13,14,15). The Morgan fingerprint density at radius 3 is 2.28 bits per heavy atom. The van der Waals surface area contributed by atoms with Crippen molar-refractivity contribution >= 4 is 29.6 Å². The van der Waals surface area contributed by atoms with Gasteiger partial charge in [-0.25, -0.2) is 0 Å². The molecule has 0 aliphatic rings. The van der Waals surface area contributed by atoms with Crippen molar-refractivity contribution in [2.24, 2.45) is 0 Å². The Hall–Kier alpha value is -1.24. The number of aromatic nitrogens is 3. The zero-order chi connectivity index (χ0) is 13.7. The number of anilines is 3. The molecular formula is C11H22N6S. The Labute approximate surface area is 113 Å². The molecule has 1 aromatic rings. The number of rotatable bonds is 6. The summed E-state index contributed by atoms with van der Waals surface area (Å²) in [4.78, 5) is 17.1. The van der Waals surface area contributed by atoms with Crippen LogP contribution in [0, 0.1) is 0 Å². The molecule has 18 heavy (non-hydrogen) atoms. The Balaban J connectivity index is 3.03. The van der Waals surface area contributed by atoms with Gasteiger partial charge in [-0.05, 0) is 13.2 Å². The molecule has 0 aromatic carbocycles. The fourth-order valence-corrected chi connectivity index (χ4v) is 2.08. The van der Waals surface area contributed by atoms with Gasteiger partial charge >= 0.3 is 0 Å². The van der Waals surface area contributed by atoms with Crippen molar-refractivity contribution < 1.29 is 0 Å². The first-order valence-corrected chi connectivity index (χ1v) is 7.22. The molecular weight excluding hydrogens is 248 g/mol. The van der Waals surface area contributed by atoms with E-state index in [4.69, 9.17) is 0 Å². The average molecular weight is 270 g/mol. The minimum absolute atomic E-state index is 0.377. The van der Waals surface area contributed by atoms with E-state index in [9.17, 15) is 0 Å². The Morgan fingerprint density at radius 1 is 1.17 bits per heavy atom. The normalized spacial score (nSPS) is 12.1. The van der Waals surface area contributed by atoms with Crippen LogP contribution < -0.4 is 15.1 Å². The molecule has 0 radical (unpaired) electrons. The SMILES string of the molecule is CNc1nc(N(C)C)nc(N(C)C(C)CSC)n1. The molecule has 1 N–H and O–H groups in total.